The maximum Gasteiger partial charge on any atom is 0.408 e. The zero-order valence-electron chi connectivity index (χ0n) is 15.1. The molecular weight excluding hydrogens is 351 g/mol. The first-order chi connectivity index (χ1) is 10.9. The molecule has 0 bridgehead atoms. The third-order valence-corrected chi connectivity index (χ3v) is 3.50. The molecule has 0 saturated carbocycles. The highest BCUT2D eigenvalue weighted by atomic mass is 35.5. The molecule has 1 rings (SSSR count). The van der Waals surface area contributed by atoms with Gasteiger partial charge in [0.15, 0.2) is 5.75 Å². The van der Waals surface area contributed by atoms with Crippen molar-refractivity contribution in [2.45, 2.75) is 59.1 Å². The normalized spacial score (nSPS) is 14.2. The van der Waals surface area contributed by atoms with Crippen molar-refractivity contribution in [1.82, 2.24) is 10.3 Å². The third-order valence-electron chi connectivity index (χ3n) is 2.99. The van der Waals surface area contributed by atoms with Crippen LogP contribution < -0.4 is 10.1 Å². The van der Waals surface area contributed by atoms with Crippen LogP contribution in [0, 0.1) is 5.92 Å². The lowest BCUT2D eigenvalue weighted by Gasteiger charge is -2.33. The molecule has 7 heteroatoms. The molecule has 0 radical (unpaired) electrons. The Morgan fingerprint density at radius 3 is 2.42 bits per heavy atom. The quantitative estimate of drug-likeness (QED) is 0.701. The van der Waals surface area contributed by atoms with Crippen LogP contribution >= 0.6 is 23.2 Å². The number of halogens is 2. The molecule has 0 aromatic carbocycles. The van der Waals surface area contributed by atoms with Gasteiger partial charge in [-0.15, -0.1) is 0 Å². The smallest absolute Gasteiger partial charge is 0.408 e. The molecule has 5 nitrogen and oxygen atoms in total. The summed E-state index contributed by atoms with van der Waals surface area (Å²) in [6, 6.07) is 1.51. The lowest BCUT2D eigenvalue weighted by atomic mass is 9.91. The number of pyridine rings is 1. The Kier molecular flexibility index (Phi) is 7.17. The van der Waals surface area contributed by atoms with Crippen LogP contribution in [0.15, 0.2) is 12.3 Å². The zero-order valence-corrected chi connectivity index (χ0v) is 16.6. The van der Waals surface area contributed by atoms with Crippen LogP contribution in [0.3, 0.4) is 0 Å². The van der Waals surface area contributed by atoms with E-state index < -0.39 is 17.2 Å². The van der Waals surface area contributed by atoms with Gasteiger partial charge in [0, 0.05) is 0 Å². The molecule has 0 saturated heterocycles. The fourth-order valence-corrected chi connectivity index (χ4v) is 2.76. The number of nitrogens with zero attached hydrogens (tertiary/aromatic N) is 1. The maximum atomic E-state index is 12.1. The summed E-state index contributed by atoms with van der Waals surface area (Å²) in [7, 11) is 0. The molecule has 136 valence electrons. The molecule has 1 unspecified atom stereocenters. The van der Waals surface area contributed by atoms with E-state index in [0.29, 0.717) is 28.3 Å². The number of nitrogens with one attached hydrogen (secondary N) is 1. The molecule has 24 heavy (non-hydrogen) atoms. The summed E-state index contributed by atoms with van der Waals surface area (Å²) in [5.74, 6) is 0.773. The molecule has 0 fully saturated rings. The molecule has 1 N–H and O–H groups in total. The zero-order chi connectivity index (χ0) is 18.5. The van der Waals surface area contributed by atoms with Crippen molar-refractivity contribution in [3.63, 3.8) is 0 Å². The second-order valence-electron chi connectivity index (χ2n) is 7.51. The van der Waals surface area contributed by atoms with Crippen LogP contribution in [0.4, 0.5) is 4.79 Å². The van der Waals surface area contributed by atoms with E-state index in [9.17, 15) is 4.79 Å². The van der Waals surface area contributed by atoms with Crippen LogP contribution in [-0.2, 0) is 4.74 Å². The molecule has 0 spiro atoms. The second kappa shape index (κ2) is 8.26. The van der Waals surface area contributed by atoms with Gasteiger partial charge in [-0.1, -0.05) is 37.0 Å². The van der Waals surface area contributed by atoms with Gasteiger partial charge in [0.25, 0.3) is 0 Å². The van der Waals surface area contributed by atoms with E-state index in [1.54, 1.807) is 0 Å². The number of ether oxygens (including phenoxy) is 2. The molecule has 1 heterocycles. The average molecular weight is 377 g/mol. The molecule has 1 atom stereocenters. The number of hydrogen-bond donors (Lipinski definition) is 1. The number of alkyl carbamates (subject to hydrolysis) is 1. The standard InChI is InChI=1S/C17H26Cl2N2O3/c1-11(2)8-17(6,21-15(22)24-16(3,4)5)10-23-13-9-20-14(19)7-12(13)18/h7,9,11H,8,10H2,1-6H3,(H,21,22). The fourth-order valence-electron chi connectivity index (χ4n) is 2.34. The summed E-state index contributed by atoms with van der Waals surface area (Å²) >= 11 is 11.9. The van der Waals surface area contributed by atoms with E-state index >= 15 is 0 Å². The second-order valence-corrected chi connectivity index (χ2v) is 8.31. The molecule has 1 aromatic rings. The number of rotatable bonds is 6. The summed E-state index contributed by atoms with van der Waals surface area (Å²) in [4.78, 5) is 16.1. The first kappa shape index (κ1) is 20.8. The fraction of sp³-hybridized carbons (Fsp3) is 0.647. The Balaban J connectivity index is 2.81. The summed E-state index contributed by atoms with van der Waals surface area (Å²) in [5, 5.41) is 3.58. The topological polar surface area (TPSA) is 60.5 Å². The largest absolute Gasteiger partial charge is 0.488 e. The van der Waals surface area contributed by atoms with Crippen molar-refractivity contribution < 1.29 is 14.3 Å². The van der Waals surface area contributed by atoms with E-state index in [2.05, 4.69) is 24.1 Å². The lowest BCUT2D eigenvalue weighted by Crippen LogP contribution is -2.52. The van der Waals surface area contributed by atoms with Gasteiger partial charge in [-0.2, -0.15) is 0 Å². The Labute approximate surface area is 154 Å². The predicted molar refractivity (Wildman–Crippen MR) is 97.0 cm³/mol. The van der Waals surface area contributed by atoms with Crippen LogP contribution in [0.25, 0.3) is 0 Å². The van der Waals surface area contributed by atoms with E-state index in [1.165, 1.54) is 12.3 Å². The Morgan fingerprint density at radius 1 is 1.29 bits per heavy atom. The first-order valence-corrected chi connectivity index (χ1v) is 8.61. The molecule has 1 amide bonds. The van der Waals surface area contributed by atoms with E-state index in [4.69, 9.17) is 32.7 Å². The van der Waals surface area contributed by atoms with Crippen molar-refractivity contribution in [3.05, 3.63) is 22.4 Å². The van der Waals surface area contributed by atoms with Crippen molar-refractivity contribution in [2.75, 3.05) is 6.61 Å². The van der Waals surface area contributed by atoms with Crippen LogP contribution in [0.2, 0.25) is 10.2 Å². The summed E-state index contributed by atoms with van der Waals surface area (Å²) < 4.78 is 11.1. The van der Waals surface area contributed by atoms with Crippen molar-refractivity contribution in [3.8, 4) is 5.75 Å². The van der Waals surface area contributed by atoms with Gasteiger partial charge in [0.05, 0.1) is 16.8 Å². The van der Waals surface area contributed by atoms with Crippen LogP contribution in [0.5, 0.6) is 5.75 Å². The molecule has 0 aliphatic rings. The molecule has 0 aliphatic heterocycles. The molecular formula is C17H26Cl2N2O3. The van der Waals surface area contributed by atoms with Gasteiger partial charge >= 0.3 is 6.09 Å². The van der Waals surface area contributed by atoms with Gasteiger partial charge in [0.1, 0.15) is 17.4 Å². The van der Waals surface area contributed by atoms with Gasteiger partial charge in [-0.05, 0) is 46.1 Å². The maximum absolute atomic E-state index is 12.1. The van der Waals surface area contributed by atoms with E-state index in [1.807, 2.05) is 27.7 Å². The van der Waals surface area contributed by atoms with Crippen molar-refractivity contribution in [1.29, 1.82) is 0 Å². The molecule has 1 aromatic heterocycles. The number of carbonyl (C=O) groups excluding carboxylic acids is 1. The number of aromatic nitrogens is 1. The Bertz CT molecular complexity index is 573. The highest BCUT2D eigenvalue weighted by Gasteiger charge is 2.31. The molecule has 0 aliphatic carbocycles. The minimum absolute atomic E-state index is 0.230. The summed E-state index contributed by atoms with van der Waals surface area (Å²) in [6.07, 6.45) is 1.70. The minimum atomic E-state index is -0.612. The van der Waals surface area contributed by atoms with Gasteiger partial charge in [0.2, 0.25) is 0 Å². The SMILES string of the molecule is CC(C)CC(C)(COc1cnc(Cl)cc1Cl)NC(=O)OC(C)(C)C. The average Bonchev–Trinajstić information content (AvgIpc) is 2.33. The summed E-state index contributed by atoms with van der Waals surface area (Å²) in [6.45, 7) is 11.8. The van der Waals surface area contributed by atoms with Gasteiger partial charge in [-0.25, -0.2) is 9.78 Å². The number of hydrogen-bond acceptors (Lipinski definition) is 4. The Hall–Kier alpha value is -1.20. The minimum Gasteiger partial charge on any atom is -0.488 e. The van der Waals surface area contributed by atoms with Crippen LogP contribution in [-0.4, -0.2) is 28.8 Å². The van der Waals surface area contributed by atoms with Crippen molar-refractivity contribution >= 4 is 29.3 Å². The highest BCUT2D eigenvalue weighted by Crippen LogP contribution is 2.27. The lowest BCUT2D eigenvalue weighted by molar-refractivity contribution is 0.0408. The van der Waals surface area contributed by atoms with Crippen molar-refractivity contribution in [2.24, 2.45) is 5.92 Å². The predicted octanol–water partition coefficient (Wildman–Crippen LogP) is 5.10. The van der Waals surface area contributed by atoms with Crippen LogP contribution in [0.1, 0.15) is 48.0 Å². The van der Waals surface area contributed by atoms with E-state index in [-0.39, 0.29) is 6.61 Å². The number of carbonyl (C=O) groups is 1. The highest BCUT2D eigenvalue weighted by molar-refractivity contribution is 6.34. The van der Waals surface area contributed by atoms with Gasteiger partial charge in [-0.3, -0.25) is 0 Å². The van der Waals surface area contributed by atoms with Gasteiger partial charge < -0.3 is 14.8 Å². The monoisotopic (exact) mass is 376 g/mol. The third kappa shape index (κ3) is 7.58. The number of amides is 1. The Morgan fingerprint density at radius 2 is 1.92 bits per heavy atom. The van der Waals surface area contributed by atoms with E-state index in [0.717, 1.165) is 0 Å². The summed E-state index contributed by atoms with van der Waals surface area (Å²) in [5.41, 5.74) is -1.17. The first-order valence-electron chi connectivity index (χ1n) is 7.85.